The highest BCUT2D eigenvalue weighted by molar-refractivity contribution is 6.00. The maximum Gasteiger partial charge on any atom is 0.305 e. The molecule has 1 aromatic carbocycles. The third-order valence-electron chi connectivity index (χ3n) is 2.89. The average Bonchev–Trinajstić information content (AvgIpc) is 2.50. The number of ether oxygens (including phenoxy) is 3. The Bertz CT molecular complexity index is 486. The number of hydrogen-bond acceptors (Lipinski definition) is 6. The first-order valence-electron chi connectivity index (χ1n) is 6.12. The largest absolute Gasteiger partial charge is 0.493 e. The molecule has 6 nitrogen and oxygen atoms in total. The standard InChI is InChI=1S/C14H19NO5/c1-18-11-6-4-9(8-12(11)19-2)14(17)10(15)5-7-13(16)20-3/h4,6,8,10H,5,7,15H2,1-3H3. The topological polar surface area (TPSA) is 87.9 Å². The number of hydrogen-bond donors (Lipinski definition) is 1. The Morgan fingerprint density at radius 3 is 2.35 bits per heavy atom. The summed E-state index contributed by atoms with van der Waals surface area (Å²) in [6, 6.07) is 4.06. The summed E-state index contributed by atoms with van der Waals surface area (Å²) in [5.41, 5.74) is 6.20. The molecule has 1 rings (SSSR count). The monoisotopic (exact) mass is 281 g/mol. The summed E-state index contributed by atoms with van der Waals surface area (Å²) in [5, 5.41) is 0. The highest BCUT2D eigenvalue weighted by atomic mass is 16.5. The van der Waals surface area contributed by atoms with Crippen molar-refractivity contribution in [3.05, 3.63) is 23.8 Å². The Morgan fingerprint density at radius 1 is 1.15 bits per heavy atom. The number of Topliss-reactive ketones (excluding diaryl/α,β-unsaturated/α-hetero) is 1. The molecule has 0 saturated heterocycles. The molecule has 0 heterocycles. The molecule has 1 aromatic rings. The van der Waals surface area contributed by atoms with E-state index in [2.05, 4.69) is 4.74 Å². The predicted molar refractivity (Wildman–Crippen MR) is 73.1 cm³/mol. The number of ketones is 1. The van der Waals surface area contributed by atoms with Gasteiger partial charge in [0.1, 0.15) is 0 Å². The summed E-state index contributed by atoms with van der Waals surface area (Å²) in [4.78, 5) is 23.2. The van der Waals surface area contributed by atoms with Gasteiger partial charge in [0.15, 0.2) is 17.3 Å². The fraction of sp³-hybridized carbons (Fsp3) is 0.429. The molecule has 0 amide bonds. The molecular formula is C14H19NO5. The van der Waals surface area contributed by atoms with Crippen molar-refractivity contribution in [2.45, 2.75) is 18.9 Å². The summed E-state index contributed by atoms with van der Waals surface area (Å²) in [6.07, 6.45) is 0.344. The van der Waals surface area contributed by atoms with Crippen molar-refractivity contribution < 1.29 is 23.8 Å². The van der Waals surface area contributed by atoms with E-state index in [1.54, 1.807) is 18.2 Å². The van der Waals surface area contributed by atoms with Gasteiger partial charge in [-0.1, -0.05) is 0 Å². The first-order valence-corrected chi connectivity index (χ1v) is 6.12. The van der Waals surface area contributed by atoms with Crippen molar-refractivity contribution in [2.75, 3.05) is 21.3 Å². The molecule has 110 valence electrons. The van der Waals surface area contributed by atoms with Gasteiger partial charge in [0, 0.05) is 12.0 Å². The minimum Gasteiger partial charge on any atom is -0.493 e. The Hall–Kier alpha value is -2.08. The fourth-order valence-electron chi connectivity index (χ4n) is 1.71. The van der Waals surface area contributed by atoms with Crippen LogP contribution in [0.1, 0.15) is 23.2 Å². The van der Waals surface area contributed by atoms with Crippen LogP contribution in [0.4, 0.5) is 0 Å². The zero-order chi connectivity index (χ0) is 15.1. The maximum absolute atomic E-state index is 12.1. The molecule has 0 saturated carbocycles. The third kappa shape index (κ3) is 3.96. The van der Waals surface area contributed by atoms with Crippen molar-refractivity contribution in [3.63, 3.8) is 0 Å². The number of esters is 1. The zero-order valence-corrected chi connectivity index (χ0v) is 11.8. The van der Waals surface area contributed by atoms with Crippen LogP contribution in [0.5, 0.6) is 11.5 Å². The second-order valence-corrected chi connectivity index (χ2v) is 4.16. The normalized spacial score (nSPS) is 11.6. The van der Waals surface area contributed by atoms with Crippen molar-refractivity contribution in [2.24, 2.45) is 5.73 Å². The van der Waals surface area contributed by atoms with Crippen LogP contribution in [0.25, 0.3) is 0 Å². The number of rotatable bonds is 7. The molecule has 0 aliphatic heterocycles. The van der Waals surface area contributed by atoms with Crippen LogP contribution >= 0.6 is 0 Å². The van der Waals surface area contributed by atoms with Crippen molar-refractivity contribution in [3.8, 4) is 11.5 Å². The van der Waals surface area contributed by atoms with E-state index in [-0.39, 0.29) is 24.6 Å². The van der Waals surface area contributed by atoms with Crippen LogP contribution in [0, 0.1) is 0 Å². The van der Waals surface area contributed by atoms with Crippen molar-refractivity contribution in [1.29, 1.82) is 0 Å². The van der Waals surface area contributed by atoms with Gasteiger partial charge in [0.05, 0.1) is 27.4 Å². The summed E-state index contributed by atoms with van der Waals surface area (Å²) < 4.78 is 14.7. The Morgan fingerprint density at radius 2 is 1.80 bits per heavy atom. The summed E-state index contributed by atoms with van der Waals surface area (Å²) in [7, 11) is 4.30. The van der Waals surface area contributed by atoms with E-state index in [1.165, 1.54) is 21.3 Å². The molecule has 1 atom stereocenters. The third-order valence-corrected chi connectivity index (χ3v) is 2.89. The summed E-state index contributed by atoms with van der Waals surface area (Å²) >= 11 is 0. The van der Waals surface area contributed by atoms with Gasteiger partial charge in [-0.3, -0.25) is 9.59 Å². The zero-order valence-electron chi connectivity index (χ0n) is 11.8. The van der Waals surface area contributed by atoms with E-state index in [0.29, 0.717) is 17.1 Å². The van der Waals surface area contributed by atoms with E-state index in [1.807, 2.05) is 0 Å². The highest BCUT2D eigenvalue weighted by Gasteiger charge is 2.18. The van der Waals surface area contributed by atoms with Gasteiger partial charge < -0.3 is 19.9 Å². The number of benzene rings is 1. The lowest BCUT2D eigenvalue weighted by Gasteiger charge is -2.12. The molecule has 20 heavy (non-hydrogen) atoms. The summed E-state index contributed by atoms with van der Waals surface area (Å²) in [5.74, 6) is 0.348. The molecule has 0 fully saturated rings. The van der Waals surface area contributed by atoms with Crippen LogP contribution < -0.4 is 15.2 Å². The van der Waals surface area contributed by atoms with Crippen LogP contribution in [0.2, 0.25) is 0 Å². The minimum atomic E-state index is -0.757. The van der Waals surface area contributed by atoms with Gasteiger partial charge in [0.2, 0.25) is 0 Å². The lowest BCUT2D eigenvalue weighted by molar-refractivity contribution is -0.140. The molecule has 0 aliphatic rings. The quantitative estimate of drug-likeness (QED) is 0.596. The van der Waals surface area contributed by atoms with Crippen LogP contribution in [0.3, 0.4) is 0 Å². The molecular weight excluding hydrogens is 262 g/mol. The summed E-state index contributed by atoms with van der Waals surface area (Å²) in [6.45, 7) is 0. The molecule has 0 spiro atoms. The van der Waals surface area contributed by atoms with E-state index in [4.69, 9.17) is 15.2 Å². The second kappa shape index (κ2) is 7.49. The smallest absolute Gasteiger partial charge is 0.305 e. The lowest BCUT2D eigenvalue weighted by atomic mass is 10.0. The Labute approximate surface area is 117 Å². The van der Waals surface area contributed by atoms with Gasteiger partial charge in [0.25, 0.3) is 0 Å². The van der Waals surface area contributed by atoms with Crippen molar-refractivity contribution in [1.82, 2.24) is 0 Å². The highest BCUT2D eigenvalue weighted by Crippen LogP contribution is 2.28. The molecule has 0 aliphatic carbocycles. The van der Waals surface area contributed by atoms with Gasteiger partial charge in [-0.05, 0) is 24.6 Å². The van der Waals surface area contributed by atoms with Crippen LogP contribution in [0.15, 0.2) is 18.2 Å². The molecule has 0 aromatic heterocycles. The SMILES string of the molecule is COC(=O)CCC(N)C(=O)c1ccc(OC)c(OC)c1. The van der Waals surface area contributed by atoms with Crippen molar-refractivity contribution >= 4 is 11.8 Å². The molecule has 2 N–H and O–H groups in total. The van der Waals surface area contributed by atoms with E-state index >= 15 is 0 Å². The molecule has 1 unspecified atom stereocenters. The average molecular weight is 281 g/mol. The lowest BCUT2D eigenvalue weighted by Crippen LogP contribution is -2.31. The maximum atomic E-state index is 12.1. The van der Waals surface area contributed by atoms with Gasteiger partial charge in [-0.15, -0.1) is 0 Å². The van der Waals surface area contributed by atoms with E-state index in [9.17, 15) is 9.59 Å². The molecule has 0 radical (unpaired) electrons. The first-order chi connectivity index (χ1) is 9.53. The Kier molecular flexibility index (Phi) is 5.99. The second-order valence-electron chi connectivity index (χ2n) is 4.16. The number of carbonyl (C=O) groups excluding carboxylic acids is 2. The fourth-order valence-corrected chi connectivity index (χ4v) is 1.71. The van der Waals surface area contributed by atoms with Gasteiger partial charge >= 0.3 is 5.97 Å². The van der Waals surface area contributed by atoms with E-state index < -0.39 is 6.04 Å². The molecule has 0 bridgehead atoms. The van der Waals surface area contributed by atoms with Gasteiger partial charge in [-0.2, -0.15) is 0 Å². The number of nitrogens with two attached hydrogens (primary N) is 1. The minimum absolute atomic E-state index is 0.108. The number of carbonyl (C=O) groups is 2. The predicted octanol–water partition coefficient (Wildman–Crippen LogP) is 1.17. The Balaban J connectivity index is 2.78. The first kappa shape index (κ1) is 16.0. The van der Waals surface area contributed by atoms with Crippen LogP contribution in [-0.4, -0.2) is 39.1 Å². The van der Waals surface area contributed by atoms with E-state index in [0.717, 1.165) is 0 Å². The van der Waals surface area contributed by atoms with Crippen LogP contribution in [-0.2, 0) is 9.53 Å². The van der Waals surface area contributed by atoms with Gasteiger partial charge in [-0.25, -0.2) is 0 Å². The molecule has 6 heteroatoms. The number of methoxy groups -OCH3 is 3.